The van der Waals surface area contributed by atoms with Crippen LogP contribution in [0.25, 0.3) is 0 Å². The third-order valence-corrected chi connectivity index (χ3v) is 25.3. The summed E-state index contributed by atoms with van der Waals surface area (Å²) >= 11 is 2.10. The number of halogens is 1. The summed E-state index contributed by atoms with van der Waals surface area (Å²) in [4.78, 5) is 77.6. The van der Waals surface area contributed by atoms with Crippen LogP contribution in [0.15, 0.2) is 231 Å². The second kappa shape index (κ2) is 58.2. The second-order valence-electron chi connectivity index (χ2n) is 35.5. The van der Waals surface area contributed by atoms with E-state index in [1.54, 1.807) is 60.7 Å². The number of benzene rings is 6. The van der Waals surface area contributed by atoms with Gasteiger partial charge >= 0.3 is 36.6 Å². The van der Waals surface area contributed by atoms with Gasteiger partial charge < -0.3 is 164 Å². The SMILES string of the molecule is CC[C@@H]1C=C[C@@H](NC(=O)OCc2ccccc2)[C@@H](O[C@H]2[C@H](O[C@@H]3O[C@H](CO)[C@@H](O[C@H]4O[C@@H](CNC(=O)OCc5ccccc5)C=C[C@H]4NC(=O)OCc4ccccc4)[C@H]3O)[C@@H](O)[C@H](CCCO)C[C@@H]2C)O1.CC[C@@H]1C=C[C@@H](NC(=O)OCc2ccccc2)[C@@H](O[C@H]2[C@H](O[C@@H]3O[C@H](CO)[C@@H](O[C@H]4O[C@@H](CNC(=O)OCc5ccccc5)C=C[C@H]4NC(=O)OCc4ccccc4)[C@H]3O)[C@@H](O)[C@H](N)C[C@@H]2C)O1.OCCI. The number of carbonyl (C=O) groups excluding carboxylic acids is 6. The zero-order valence-electron chi connectivity index (χ0n) is 80.0. The number of aliphatic hydroxyl groups is 8. The van der Waals surface area contributed by atoms with Crippen LogP contribution >= 0.6 is 22.6 Å². The van der Waals surface area contributed by atoms with Gasteiger partial charge in [0.2, 0.25) is 0 Å². The Morgan fingerprint density at radius 1 is 0.343 bits per heavy atom. The van der Waals surface area contributed by atoms with Gasteiger partial charge in [0.05, 0.1) is 81.7 Å². The van der Waals surface area contributed by atoms with Gasteiger partial charge in [-0.05, 0) is 89.7 Å². The van der Waals surface area contributed by atoms with Crippen molar-refractivity contribution in [2.45, 2.75) is 271 Å². The van der Waals surface area contributed by atoms with Crippen molar-refractivity contribution in [2.24, 2.45) is 23.5 Å². The molecule has 2 aliphatic carbocycles. The summed E-state index contributed by atoms with van der Waals surface area (Å²) in [5.41, 5.74) is 11.2. The first kappa shape index (κ1) is 112. The van der Waals surface area contributed by atoms with Gasteiger partial charge in [0, 0.05) is 17.1 Å². The van der Waals surface area contributed by atoms with Crippen molar-refractivity contribution in [3.8, 4) is 0 Å². The molecule has 14 rings (SSSR count). The van der Waals surface area contributed by atoms with Gasteiger partial charge in [0.15, 0.2) is 37.7 Å². The Morgan fingerprint density at radius 2 is 0.615 bits per heavy atom. The maximum absolute atomic E-state index is 13.2. The normalized spacial score (nSPS) is 31.1. The van der Waals surface area contributed by atoms with Crippen molar-refractivity contribution >= 4 is 59.2 Å². The van der Waals surface area contributed by atoms with Crippen molar-refractivity contribution in [2.75, 3.05) is 43.9 Å². The van der Waals surface area contributed by atoms with Gasteiger partial charge in [-0.1, -0.05) is 281 Å². The number of aliphatic hydroxyl groups excluding tert-OH is 8. The van der Waals surface area contributed by atoms with E-state index in [9.17, 15) is 64.5 Å². The lowest BCUT2D eigenvalue weighted by Gasteiger charge is -2.46. The van der Waals surface area contributed by atoms with Gasteiger partial charge in [-0.25, -0.2) is 28.8 Å². The quantitative estimate of drug-likeness (QED) is 0.00743. The fourth-order valence-corrected chi connectivity index (χ4v) is 17.3. The number of rotatable bonds is 40. The van der Waals surface area contributed by atoms with E-state index in [1.165, 1.54) is 0 Å². The highest BCUT2D eigenvalue weighted by Crippen LogP contribution is 2.42. The molecular weight excluding hydrogens is 1970 g/mol. The summed E-state index contributed by atoms with van der Waals surface area (Å²) in [6.07, 6.45) is -12.9. The van der Waals surface area contributed by atoms with Crippen molar-refractivity contribution in [3.63, 3.8) is 0 Å². The Bertz CT molecular complexity index is 4910. The van der Waals surface area contributed by atoms with Gasteiger partial charge in [-0.15, -0.1) is 0 Å². The first-order chi connectivity index (χ1) is 69.4. The topological polar surface area (TPSA) is 529 Å². The first-order valence-electron chi connectivity index (χ1n) is 48.2. The van der Waals surface area contributed by atoms with Gasteiger partial charge in [-0.3, -0.25) is 0 Å². The number of nitrogens with one attached hydrogen (secondary N) is 6. The maximum Gasteiger partial charge on any atom is 0.408 e. The molecule has 6 aromatic rings. The fraction of sp³-hybridized carbons (Fsp3) is 0.515. The predicted molar refractivity (Wildman–Crippen MR) is 521 cm³/mol. The molecule has 8 aliphatic rings. The van der Waals surface area contributed by atoms with Crippen LogP contribution in [0.5, 0.6) is 0 Å². The zero-order valence-corrected chi connectivity index (χ0v) is 82.2. The summed E-state index contributed by atoms with van der Waals surface area (Å²) in [7, 11) is 0. The summed E-state index contributed by atoms with van der Waals surface area (Å²) < 4.78 is 110. The Morgan fingerprint density at radius 3 is 0.909 bits per heavy atom. The van der Waals surface area contributed by atoms with Crippen LogP contribution in [0, 0.1) is 17.8 Å². The molecule has 40 heteroatoms. The molecule has 143 heavy (non-hydrogen) atoms. The van der Waals surface area contributed by atoms with E-state index in [-0.39, 0.29) is 89.3 Å². The molecule has 2 saturated heterocycles. The minimum atomic E-state index is -1.61. The number of ether oxygens (including phenoxy) is 18. The molecule has 16 N–H and O–H groups in total. The Hall–Kier alpha value is -10.2. The Labute approximate surface area is 844 Å². The number of hydrogen-bond acceptors (Lipinski definition) is 33. The zero-order chi connectivity index (χ0) is 102. The van der Waals surface area contributed by atoms with Gasteiger partial charge in [-0.2, -0.15) is 0 Å². The fourth-order valence-electron chi connectivity index (χ4n) is 17.3. The van der Waals surface area contributed by atoms with E-state index in [4.69, 9.17) is 96.1 Å². The van der Waals surface area contributed by atoms with Gasteiger partial charge in [0.25, 0.3) is 0 Å². The monoisotopic (exact) mass is 2110 g/mol. The molecule has 0 spiro atoms. The molecule has 780 valence electrons. The molecule has 6 aliphatic heterocycles. The minimum absolute atomic E-state index is 0.0187. The van der Waals surface area contributed by atoms with Crippen molar-refractivity contribution in [3.05, 3.63) is 264 Å². The van der Waals surface area contributed by atoms with Crippen molar-refractivity contribution in [1.82, 2.24) is 31.9 Å². The van der Waals surface area contributed by atoms with E-state index in [0.29, 0.717) is 45.1 Å². The highest BCUT2D eigenvalue weighted by Gasteiger charge is 2.56. The lowest BCUT2D eigenvalue weighted by molar-refractivity contribution is -0.291. The lowest BCUT2D eigenvalue weighted by Crippen LogP contribution is -2.61. The summed E-state index contributed by atoms with van der Waals surface area (Å²) in [6, 6.07) is 50.6. The van der Waals surface area contributed by atoms with E-state index in [1.807, 2.05) is 198 Å². The molecule has 39 nitrogen and oxygen atoms in total. The number of carbonyl (C=O) groups is 6. The highest BCUT2D eigenvalue weighted by molar-refractivity contribution is 14.1. The Balaban J connectivity index is 0.000000246. The third-order valence-electron chi connectivity index (χ3n) is 24.8. The van der Waals surface area contributed by atoms with Crippen LogP contribution in [0.2, 0.25) is 0 Å². The minimum Gasteiger partial charge on any atom is -0.445 e. The molecule has 6 heterocycles. The summed E-state index contributed by atoms with van der Waals surface area (Å²) in [6.45, 7) is 6.63. The molecular formula is C103H134IN7O32. The van der Waals surface area contributed by atoms with E-state index >= 15 is 0 Å². The number of nitrogens with two attached hydrogens (primary N) is 1. The molecule has 0 unspecified atom stereocenters. The highest BCUT2D eigenvalue weighted by atomic mass is 127. The smallest absolute Gasteiger partial charge is 0.408 e. The van der Waals surface area contributed by atoms with E-state index < -0.39 is 203 Å². The standard InChI is InChI=1S/C52H67N3O16.C49H62N4O15.C2H5IO/c1-3-37-21-23-39(54-51(61)64-30-34-16-9-5-10-17-34)47(66-37)69-44-32(2)26-36(20-13-25-56)42(58)46(44)71-49-43(59)45(41(28-57)68-49)70-48-40(55-52(62)65-31-35-18-11-6-12-19-35)24-22-38(67-48)27-53-50(60)63-29-33-14-7-4-8-15-33;1-3-33-19-21-36(52-48(58)61-27-31-15-9-5-10-16-31)44(63-33)66-41-29(2)23-35(50)39(55)43(41)68-46-40(56)42(38(25-54)65-46)67-45-37(53-49(59)62-28-32-17-11-6-12-18-32)22-20-34(64-45)24-51-47(57)60-26-30-13-7-4-8-14-30;3-1-2-4/h4-12,14-19,21-24,32,36-49,56-59H,3,13,20,25-31H2,1-2H3,(H,53,60)(H,54,61)(H,55,62);4-22,29,33-46,54-56H,3,23-28,50H2,1-2H3,(H,51,57)(H,52,58)(H,53,59);4H,1-2H2/t32-,36+,37+,38+,39+,40+,41+,42-,43+,44+,45+,46+,47+,48+,49-;29-,33+,34+,35+,36+,37+,38+,39-,40+,41+,42+,43+,44+,45+,46-;/m00./s1. The average molecular weight is 2110 g/mol. The molecule has 2 saturated carbocycles. The van der Waals surface area contributed by atoms with Crippen LogP contribution in [-0.4, -0.2) is 287 Å². The van der Waals surface area contributed by atoms with Crippen LogP contribution in [0.3, 0.4) is 0 Å². The number of alkyl carbamates (subject to hydrolysis) is 6. The first-order valence-corrected chi connectivity index (χ1v) is 49.8. The number of amides is 6. The van der Waals surface area contributed by atoms with Crippen LogP contribution in [-0.2, 0) is 125 Å². The largest absolute Gasteiger partial charge is 0.445 e. The van der Waals surface area contributed by atoms with Crippen molar-refractivity contribution < 1.29 is 155 Å². The van der Waals surface area contributed by atoms with E-state index in [2.05, 4.69) is 54.5 Å². The van der Waals surface area contributed by atoms with Crippen molar-refractivity contribution in [1.29, 1.82) is 0 Å². The lowest BCUT2D eigenvalue weighted by atomic mass is 9.74. The third kappa shape index (κ3) is 34.2. The van der Waals surface area contributed by atoms with Crippen LogP contribution in [0.1, 0.15) is 99.6 Å². The second-order valence-corrected chi connectivity index (χ2v) is 36.6. The molecule has 0 bridgehead atoms. The maximum atomic E-state index is 13.2. The number of hydrogen-bond donors (Lipinski definition) is 15. The van der Waals surface area contributed by atoms with Gasteiger partial charge in [0.1, 0.15) is 113 Å². The average Bonchev–Trinajstić information content (AvgIpc) is 1.21. The van der Waals surface area contributed by atoms with Crippen LogP contribution in [0.4, 0.5) is 28.8 Å². The number of alkyl halides is 1. The summed E-state index contributed by atoms with van der Waals surface area (Å²) in [5.74, 6) is -0.977. The Kier molecular flexibility index (Phi) is 45.4. The molecule has 4 fully saturated rings. The molecule has 0 radical (unpaired) electrons. The predicted octanol–water partition coefficient (Wildman–Crippen LogP) is 8.35. The van der Waals surface area contributed by atoms with Crippen LogP contribution < -0.4 is 37.6 Å². The molecule has 6 amide bonds. The molecule has 30 atom stereocenters. The van der Waals surface area contributed by atoms with E-state index in [0.717, 1.165) is 37.8 Å². The molecule has 0 aromatic heterocycles. The summed E-state index contributed by atoms with van der Waals surface area (Å²) in [5, 5.41) is 103. The molecule has 6 aromatic carbocycles.